The zero-order chi connectivity index (χ0) is 35.7. The Bertz CT molecular complexity index is 1720. The van der Waals surface area contributed by atoms with Gasteiger partial charge in [-0.3, -0.25) is 0 Å². The monoisotopic (exact) mass is 695 g/mol. The lowest BCUT2D eigenvalue weighted by atomic mass is 9.74. The summed E-state index contributed by atoms with van der Waals surface area (Å²) < 4.78 is 6.55. The summed E-state index contributed by atoms with van der Waals surface area (Å²) in [6.45, 7) is 2.78. The van der Waals surface area contributed by atoms with E-state index in [-0.39, 0.29) is 46.5 Å². The summed E-state index contributed by atoms with van der Waals surface area (Å²) in [5.74, 6) is 6.53. The number of aromatic nitrogens is 1. The smallest absolute Gasteiger partial charge is 0.161 e. The van der Waals surface area contributed by atoms with Crippen molar-refractivity contribution < 1.29 is 30.3 Å². The van der Waals surface area contributed by atoms with Gasteiger partial charge in [0.15, 0.2) is 11.5 Å². The number of dihydropyridines is 1. The van der Waals surface area contributed by atoms with Crippen molar-refractivity contribution in [3.05, 3.63) is 95.6 Å². The molecule has 2 aromatic rings. The first-order valence-corrected chi connectivity index (χ1v) is 18.8. The third-order valence-corrected chi connectivity index (χ3v) is 12.4. The van der Waals surface area contributed by atoms with Crippen molar-refractivity contribution in [1.82, 2.24) is 10.3 Å². The molecule has 12 atom stereocenters. The summed E-state index contributed by atoms with van der Waals surface area (Å²) in [4.78, 5) is 3.29. The largest absolute Gasteiger partial charge is 0.504 e. The summed E-state index contributed by atoms with van der Waals surface area (Å²) >= 11 is 0. The molecule has 0 saturated heterocycles. The van der Waals surface area contributed by atoms with Gasteiger partial charge in [0.1, 0.15) is 18.3 Å². The minimum Gasteiger partial charge on any atom is -0.504 e. The Morgan fingerprint density at radius 3 is 2.69 bits per heavy atom. The first kappa shape index (κ1) is 35.5. The topological polar surface area (TPSA) is 164 Å². The number of rotatable bonds is 8. The van der Waals surface area contributed by atoms with E-state index in [0.29, 0.717) is 25.2 Å². The number of aliphatic hydroxyl groups is 4. The highest BCUT2D eigenvalue weighted by atomic mass is 16.5. The molecule has 12 unspecified atom stereocenters. The molecule has 272 valence electrons. The Kier molecular flexibility index (Phi) is 10.4. The first-order valence-electron chi connectivity index (χ1n) is 18.8. The van der Waals surface area contributed by atoms with E-state index >= 15 is 0 Å². The molecule has 4 aliphatic carbocycles. The van der Waals surface area contributed by atoms with Crippen molar-refractivity contribution in [3.63, 3.8) is 0 Å². The molecular weight excluding hydrogens is 642 g/mol. The van der Waals surface area contributed by atoms with Gasteiger partial charge in [-0.1, -0.05) is 61.6 Å². The van der Waals surface area contributed by atoms with Gasteiger partial charge in [0.2, 0.25) is 0 Å². The number of H-pyrrole nitrogens is 1. The van der Waals surface area contributed by atoms with Crippen molar-refractivity contribution in [2.24, 2.45) is 40.7 Å². The summed E-state index contributed by atoms with van der Waals surface area (Å²) in [5.41, 5.74) is 8.98. The SMILES string of the molecule is CCC12C#CC3C=CC(c4ccc(O)c(OC5C(O)C(O)C=CC5C(Cc5ccc[nH]5)C5=CCNC(N)=C5)c4)CC(O)C3C(O)C(CCC1)CC2. The number of aliphatic hydroxyl groups excluding tert-OH is 4. The lowest BCUT2D eigenvalue weighted by molar-refractivity contribution is -0.0608. The van der Waals surface area contributed by atoms with Gasteiger partial charge in [-0.05, 0) is 98.3 Å². The van der Waals surface area contributed by atoms with Crippen LogP contribution in [0.15, 0.2) is 84.4 Å². The number of aromatic amines is 1. The molecule has 1 aromatic carbocycles. The van der Waals surface area contributed by atoms with Gasteiger partial charge in [-0.25, -0.2) is 0 Å². The normalized spacial score (nSPS) is 36.7. The number of ether oxygens (including phenoxy) is 1. The van der Waals surface area contributed by atoms with Gasteiger partial charge in [-0.2, -0.15) is 0 Å². The molecule has 0 amide bonds. The maximum atomic E-state index is 11.8. The predicted molar refractivity (Wildman–Crippen MR) is 196 cm³/mol. The lowest BCUT2D eigenvalue weighted by Crippen LogP contribution is -2.50. The minimum atomic E-state index is -1.26. The molecule has 0 radical (unpaired) electrons. The van der Waals surface area contributed by atoms with E-state index in [9.17, 15) is 25.5 Å². The van der Waals surface area contributed by atoms with Gasteiger partial charge < -0.3 is 46.3 Å². The number of hydrogen-bond acceptors (Lipinski definition) is 8. The van der Waals surface area contributed by atoms with Gasteiger partial charge in [-0.15, -0.1) is 0 Å². The quantitative estimate of drug-likeness (QED) is 0.147. The number of nitrogens with two attached hydrogens (primary N) is 1. The van der Waals surface area contributed by atoms with Crippen molar-refractivity contribution in [3.8, 4) is 23.3 Å². The second-order valence-electron chi connectivity index (χ2n) is 15.4. The third kappa shape index (κ3) is 7.38. The molecule has 9 heteroatoms. The van der Waals surface area contributed by atoms with Crippen LogP contribution < -0.4 is 15.8 Å². The summed E-state index contributed by atoms with van der Waals surface area (Å²) in [7, 11) is 0. The second kappa shape index (κ2) is 15.0. The van der Waals surface area contributed by atoms with Crippen LogP contribution in [0.5, 0.6) is 11.5 Å². The van der Waals surface area contributed by atoms with E-state index in [2.05, 4.69) is 47.3 Å². The van der Waals surface area contributed by atoms with Crippen LogP contribution in [0.1, 0.15) is 69.0 Å². The second-order valence-corrected chi connectivity index (χ2v) is 15.4. The fraction of sp³-hybridized carbons (Fsp3) is 0.524. The fourth-order valence-electron chi connectivity index (χ4n) is 9.29. The average molecular weight is 696 g/mol. The number of hydrogen-bond donors (Lipinski definition) is 8. The molecule has 9 N–H and O–H groups in total. The van der Waals surface area contributed by atoms with Crippen molar-refractivity contribution in [2.45, 2.75) is 94.7 Å². The van der Waals surface area contributed by atoms with Crippen LogP contribution in [0, 0.1) is 46.8 Å². The Balaban J connectivity index is 1.19. The number of fused-ring (bicyclic) bond motifs is 4. The molecule has 9 nitrogen and oxygen atoms in total. The molecule has 1 aliphatic heterocycles. The van der Waals surface area contributed by atoms with Crippen LogP contribution >= 0.6 is 0 Å². The zero-order valence-corrected chi connectivity index (χ0v) is 29.4. The highest BCUT2D eigenvalue weighted by molar-refractivity contribution is 5.45. The zero-order valence-electron chi connectivity index (χ0n) is 29.4. The highest BCUT2D eigenvalue weighted by Gasteiger charge is 2.44. The highest BCUT2D eigenvalue weighted by Crippen LogP contribution is 2.46. The van der Waals surface area contributed by atoms with E-state index in [1.54, 1.807) is 18.2 Å². The molecule has 7 rings (SSSR count). The van der Waals surface area contributed by atoms with E-state index in [0.717, 1.165) is 55.4 Å². The maximum absolute atomic E-state index is 11.8. The molecule has 0 spiro atoms. The standard InChI is InChI=1S/C42H53N3O6/c1-2-42-16-3-5-26(14-18-42)39(49)38-25(13-17-42)7-8-27(21-35(38)48)28-9-11-33(46)36(22-28)51-41-31(10-12-34(47)40(41)50)32(24-30-6-4-19-44-30)29-15-20-45-37(43)23-29/h4,6-12,15,19,22-23,25-27,31-32,34-35,38-41,44-50H,2-3,5,14,16,18,20-21,24,43H2,1H3. The summed E-state index contributed by atoms with van der Waals surface area (Å²) in [6, 6.07) is 9.14. The average Bonchev–Trinajstić information content (AvgIpc) is 3.49. The minimum absolute atomic E-state index is 0.0326. The van der Waals surface area contributed by atoms with E-state index in [4.69, 9.17) is 10.5 Å². The van der Waals surface area contributed by atoms with Crippen LogP contribution in [0.3, 0.4) is 0 Å². The summed E-state index contributed by atoms with van der Waals surface area (Å²) in [6.07, 6.45) is 15.7. The van der Waals surface area contributed by atoms with Crippen molar-refractivity contribution >= 4 is 0 Å². The molecular formula is C42H53N3O6. The van der Waals surface area contributed by atoms with E-state index in [1.165, 1.54) is 0 Å². The Morgan fingerprint density at radius 2 is 1.90 bits per heavy atom. The maximum Gasteiger partial charge on any atom is 0.161 e. The van der Waals surface area contributed by atoms with Gasteiger partial charge >= 0.3 is 0 Å². The molecule has 2 bridgehead atoms. The van der Waals surface area contributed by atoms with Crippen molar-refractivity contribution in [2.75, 3.05) is 6.54 Å². The van der Waals surface area contributed by atoms with Gasteiger partial charge in [0, 0.05) is 47.5 Å². The van der Waals surface area contributed by atoms with Crippen LogP contribution in [0.4, 0.5) is 0 Å². The molecule has 1 aromatic heterocycles. The van der Waals surface area contributed by atoms with Gasteiger partial charge in [0.05, 0.1) is 18.0 Å². The number of allylic oxidation sites excluding steroid dienone is 4. The number of phenolic OH excluding ortho intramolecular Hbond substituents is 1. The lowest BCUT2D eigenvalue weighted by Gasteiger charge is -2.39. The Morgan fingerprint density at radius 1 is 1.04 bits per heavy atom. The van der Waals surface area contributed by atoms with Crippen LogP contribution in [-0.2, 0) is 6.42 Å². The van der Waals surface area contributed by atoms with Crippen LogP contribution in [0.2, 0.25) is 0 Å². The fourth-order valence-corrected chi connectivity index (χ4v) is 9.29. The molecule has 5 aliphatic rings. The van der Waals surface area contributed by atoms with Crippen molar-refractivity contribution in [1.29, 1.82) is 0 Å². The Hall–Kier alpha value is -3.94. The van der Waals surface area contributed by atoms with Crippen LogP contribution in [0.25, 0.3) is 0 Å². The van der Waals surface area contributed by atoms with Gasteiger partial charge in [0.25, 0.3) is 0 Å². The summed E-state index contributed by atoms with van der Waals surface area (Å²) in [5, 5.41) is 59.9. The number of benzene rings is 1. The third-order valence-electron chi connectivity index (χ3n) is 12.4. The molecule has 2 heterocycles. The van der Waals surface area contributed by atoms with E-state index < -0.39 is 36.4 Å². The molecule has 51 heavy (non-hydrogen) atoms. The number of phenols is 1. The number of nitrogens with one attached hydrogen (secondary N) is 2. The predicted octanol–water partition coefficient (Wildman–Crippen LogP) is 4.56. The molecule has 1 fully saturated rings. The molecule has 1 saturated carbocycles. The van der Waals surface area contributed by atoms with E-state index in [1.807, 2.05) is 36.5 Å². The number of aromatic hydroxyl groups is 1. The Labute approximate surface area is 301 Å². The first-order chi connectivity index (χ1) is 24.6. The van der Waals surface area contributed by atoms with Crippen LogP contribution in [-0.4, -0.2) is 67.6 Å².